The molecular weight excluding hydrogens is 228 g/mol. The molecule has 1 rings (SSSR count). The summed E-state index contributed by atoms with van der Waals surface area (Å²) in [6.07, 6.45) is 0. The molecule has 0 heterocycles. The summed E-state index contributed by atoms with van der Waals surface area (Å²) in [4.78, 5) is 0. The molecule has 15 heavy (non-hydrogen) atoms. The van der Waals surface area contributed by atoms with Crippen molar-refractivity contribution in [2.75, 3.05) is 5.75 Å². The van der Waals surface area contributed by atoms with Crippen LogP contribution in [-0.2, 0) is 0 Å². The number of hydrogen-bond acceptors (Lipinski definition) is 2. The molecule has 0 amide bonds. The van der Waals surface area contributed by atoms with Crippen molar-refractivity contribution >= 4 is 23.4 Å². The van der Waals surface area contributed by atoms with Gasteiger partial charge in [-0.1, -0.05) is 30.7 Å². The third-order valence-corrected chi connectivity index (χ3v) is 3.92. The van der Waals surface area contributed by atoms with Crippen molar-refractivity contribution in [3.05, 3.63) is 34.9 Å². The second-order valence-corrected chi connectivity index (χ2v) is 5.86. The number of thioether (sulfide) groups is 1. The van der Waals surface area contributed by atoms with E-state index in [9.17, 15) is 5.11 Å². The Morgan fingerprint density at radius 2 is 1.87 bits per heavy atom. The van der Waals surface area contributed by atoms with Gasteiger partial charge in [0.1, 0.15) is 0 Å². The molecule has 0 saturated carbocycles. The Balaban J connectivity index is 2.94. The molecule has 1 unspecified atom stereocenters. The number of aliphatic hydroxyl groups is 1. The molecule has 1 nitrogen and oxygen atoms in total. The standard InChI is InChI=1S/C12H17ClOS/c1-4-15-11(12(2,3)14)9-5-7-10(13)8-6-9/h5-8,11,14H,4H2,1-3H3. The molecule has 0 radical (unpaired) electrons. The molecule has 1 N–H and O–H groups in total. The van der Waals surface area contributed by atoms with Gasteiger partial charge >= 0.3 is 0 Å². The number of halogens is 1. The van der Waals surface area contributed by atoms with Crippen LogP contribution in [0.3, 0.4) is 0 Å². The lowest BCUT2D eigenvalue weighted by molar-refractivity contribution is 0.0777. The first-order chi connectivity index (χ1) is 6.95. The van der Waals surface area contributed by atoms with Gasteiger partial charge in [-0.2, -0.15) is 11.8 Å². The lowest BCUT2D eigenvalue weighted by Gasteiger charge is -2.29. The Kier molecular flexibility index (Phi) is 4.50. The fourth-order valence-corrected chi connectivity index (χ4v) is 2.73. The Morgan fingerprint density at radius 3 is 2.27 bits per heavy atom. The number of hydrogen-bond donors (Lipinski definition) is 1. The molecule has 0 fully saturated rings. The summed E-state index contributed by atoms with van der Waals surface area (Å²) < 4.78 is 0. The maximum absolute atomic E-state index is 10.1. The van der Waals surface area contributed by atoms with E-state index < -0.39 is 5.60 Å². The summed E-state index contributed by atoms with van der Waals surface area (Å²) in [5, 5.41) is 10.9. The highest BCUT2D eigenvalue weighted by Crippen LogP contribution is 2.38. The van der Waals surface area contributed by atoms with Crippen LogP contribution in [0.15, 0.2) is 24.3 Å². The monoisotopic (exact) mass is 244 g/mol. The van der Waals surface area contributed by atoms with E-state index in [1.165, 1.54) is 0 Å². The van der Waals surface area contributed by atoms with E-state index in [1.807, 2.05) is 38.1 Å². The first kappa shape index (κ1) is 12.9. The molecule has 0 aliphatic rings. The summed E-state index contributed by atoms with van der Waals surface area (Å²) in [6.45, 7) is 5.78. The zero-order valence-electron chi connectivity index (χ0n) is 9.33. The first-order valence-corrected chi connectivity index (χ1v) is 6.47. The Morgan fingerprint density at radius 1 is 1.33 bits per heavy atom. The van der Waals surface area contributed by atoms with E-state index in [-0.39, 0.29) is 5.25 Å². The Labute approximate surface area is 101 Å². The summed E-state index contributed by atoms with van der Waals surface area (Å²) in [5.41, 5.74) is 0.410. The summed E-state index contributed by atoms with van der Waals surface area (Å²) >= 11 is 7.59. The highest BCUT2D eigenvalue weighted by Gasteiger charge is 2.28. The lowest BCUT2D eigenvalue weighted by Crippen LogP contribution is -2.26. The third kappa shape index (κ3) is 3.71. The first-order valence-electron chi connectivity index (χ1n) is 5.04. The van der Waals surface area contributed by atoms with Crippen molar-refractivity contribution in [1.29, 1.82) is 0 Å². The van der Waals surface area contributed by atoms with Crippen LogP contribution in [0.2, 0.25) is 5.02 Å². The van der Waals surface area contributed by atoms with E-state index >= 15 is 0 Å². The van der Waals surface area contributed by atoms with Gasteiger partial charge < -0.3 is 5.11 Å². The molecular formula is C12H17ClOS. The highest BCUT2D eigenvalue weighted by molar-refractivity contribution is 7.99. The lowest BCUT2D eigenvalue weighted by atomic mass is 9.98. The number of benzene rings is 1. The molecule has 1 aromatic rings. The van der Waals surface area contributed by atoms with Crippen LogP contribution in [0, 0.1) is 0 Å². The Bertz CT molecular complexity index is 302. The van der Waals surface area contributed by atoms with Crippen molar-refractivity contribution in [2.45, 2.75) is 31.6 Å². The molecule has 1 aromatic carbocycles. The van der Waals surface area contributed by atoms with Gasteiger partial charge in [-0.25, -0.2) is 0 Å². The van der Waals surface area contributed by atoms with E-state index in [2.05, 4.69) is 6.92 Å². The minimum Gasteiger partial charge on any atom is -0.389 e. The van der Waals surface area contributed by atoms with Gasteiger partial charge in [0.25, 0.3) is 0 Å². The van der Waals surface area contributed by atoms with Crippen LogP contribution in [0.5, 0.6) is 0 Å². The Hall–Kier alpha value is -0.180. The smallest absolute Gasteiger partial charge is 0.0750 e. The van der Waals surface area contributed by atoms with E-state index in [0.29, 0.717) is 0 Å². The predicted octanol–water partition coefficient (Wildman–Crippen LogP) is 3.91. The third-order valence-electron chi connectivity index (χ3n) is 2.15. The molecule has 0 spiro atoms. The predicted molar refractivity (Wildman–Crippen MR) is 68.6 cm³/mol. The van der Waals surface area contributed by atoms with Gasteiger partial charge in [0, 0.05) is 5.02 Å². The largest absolute Gasteiger partial charge is 0.389 e. The summed E-state index contributed by atoms with van der Waals surface area (Å²) in [7, 11) is 0. The number of rotatable bonds is 4. The van der Waals surface area contributed by atoms with Crippen LogP contribution in [0.25, 0.3) is 0 Å². The molecule has 3 heteroatoms. The molecule has 0 saturated heterocycles. The minimum absolute atomic E-state index is 0.0970. The quantitative estimate of drug-likeness (QED) is 0.867. The summed E-state index contributed by atoms with van der Waals surface area (Å²) in [5.74, 6) is 0.983. The van der Waals surface area contributed by atoms with Gasteiger partial charge in [-0.15, -0.1) is 0 Å². The van der Waals surface area contributed by atoms with Crippen molar-refractivity contribution in [3.63, 3.8) is 0 Å². The minimum atomic E-state index is -0.714. The molecule has 84 valence electrons. The van der Waals surface area contributed by atoms with Crippen molar-refractivity contribution in [3.8, 4) is 0 Å². The average Bonchev–Trinajstić information content (AvgIpc) is 2.14. The maximum Gasteiger partial charge on any atom is 0.0750 e. The topological polar surface area (TPSA) is 20.2 Å². The zero-order chi connectivity index (χ0) is 11.5. The van der Waals surface area contributed by atoms with Gasteiger partial charge in [0.2, 0.25) is 0 Å². The second kappa shape index (κ2) is 5.24. The average molecular weight is 245 g/mol. The van der Waals surface area contributed by atoms with Crippen LogP contribution < -0.4 is 0 Å². The molecule has 1 atom stereocenters. The van der Waals surface area contributed by atoms with E-state index in [0.717, 1.165) is 16.3 Å². The second-order valence-electron chi connectivity index (χ2n) is 4.04. The van der Waals surface area contributed by atoms with Crippen molar-refractivity contribution in [1.82, 2.24) is 0 Å². The summed E-state index contributed by atoms with van der Waals surface area (Å²) in [6, 6.07) is 7.69. The molecule has 0 aromatic heterocycles. The van der Waals surface area contributed by atoms with Crippen molar-refractivity contribution < 1.29 is 5.11 Å². The van der Waals surface area contributed by atoms with Gasteiger partial charge in [0.15, 0.2) is 0 Å². The van der Waals surface area contributed by atoms with Gasteiger partial charge in [-0.05, 0) is 37.3 Å². The fraction of sp³-hybridized carbons (Fsp3) is 0.500. The fourth-order valence-electron chi connectivity index (χ4n) is 1.51. The van der Waals surface area contributed by atoms with Crippen LogP contribution in [-0.4, -0.2) is 16.5 Å². The van der Waals surface area contributed by atoms with E-state index in [1.54, 1.807) is 11.8 Å². The molecule has 0 aliphatic heterocycles. The molecule has 0 aliphatic carbocycles. The van der Waals surface area contributed by atoms with Crippen molar-refractivity contribution in [2.24, 2.45) is 0 Å². The molecule has 0 bridgehead atoms. The highest BCUT2D eigenvalue weighted by atomic mass is 35.5. The van der Waals surface area contributed by atoms with E-state index in [4.69, 9.17) is 11.6 Å². The van der Waals surface area contributed by atoms with Crippen LogP contribution in [0.4, 0.5) is 0 Å². The normalized spacial score (nSPS) is 13.9. The maximum atomic E-state index is 10.1. The zero-order valence-corrected chi connectivity index (χ0v) is 10.9. The van der Waals surface area contributed by atoms with Crippen LogP contribution >= 0.6 is 23.4 Å². The van der Waals surface area contributed by atoms with Gasteiger partial charge in [0.05, 0.1) is 10.9 Å². The SMILES string of the molecule is CCSC(c1ccc(Cl)cc1)C(C)(C)O. The van der Waals surface area contributed by atoms with Crippen LogP contribution in [0.1, 0.15) is 31.6 Å². The van der Waals surface area contributed by atoms with Gasteiger partial charge in [-0.3, -0.25) is 0 Å².